The van der Waals surface area contributed by atoms with Gasteiger partial charge in [0.25, 0.3) is 0 Å². The van der Waals surface area contributed by atoms with Crippen molar-refractivity contribution in [3.05, 3.63) is 35.7 Å². The molecule has 0 unspecified atom stereocenters. The van der Waals surface area contributed by atoms with Gasteiger partial charge in [-0.05, 0) is 43.5 Å². The molecule has 1 aliphatic carbocycles. The van der Waals surface area contributed by atoms with Crippen LogP contribution in [0.25, 0.3) is 0 Å². The van der Waals surface area contributed by atoms with Crippen molar-refractivity contribution in [2.45, 2.75) is 49.6 Å². The summed E-state index contributed by atoms with van der Waals surface area (Å²) in [6.07, 6.45) is 7.22. The van der Waals surface area contributed by atoms with E-state index in [1.54, 1.807) is 36.0 Å². The van der Waals surface area contributed by atoms with Crippen LogP contribution >= 0.6 is 11.8 Å². The van der Waals surface area contributed by atoms with Gasteiger partial charge in [0.15, 0.2) is 0 Å². The number of aromatic amines is 1. The maximum Gasteiger partial charge on any atom is 0.335 e. The molecule has 1 fully saturated rings. The highest BCUT2D eigenvalue weighted by molar-refractivity contribution is 7.99. The second-order valence-corrected chi connectivity index (χ2v) is 7.28. The van der Waals surface area contributed by atoms with Gasteiger partial charge in [0, 0.05) is 11.7 Å². The van der Waals surface area contributed by atoms with Crippen molar-refractivity contribution in [3.8, 4) is 5.75 Å². The van der Waals surface area contributed by atoms with Crippen LogP contribution in [0.3, 0.4) is 0 Å². The van der Waals surface area contributed by atoms with Gasteiger partial charge in [-0.25, -0.2) is 9.78 Å². The highest BCUT2D eigenvalue weighted by Gasteiger charge is 2.19. The van der Waals surface area contributed by atoms with Crippen LogP contribution in [0.2, 0.25) is 0 Å². The third-order valence-corrected chi connectivity index (χ3v) is 5.30. The molecule has 25 heavy (non-hydrogen) atoms. The van der Waals surface area contributed by atoms with Crippen LogP contribution in [0, 0.1) is 0 Å². The van der Waals surface area contributed by atoms with Crippen molar-refractivity contribution in [2.75, 3.05) is 12.4 Å². The molecular weight excluding hydrogens is 338 g/mol. The number of thioether (sulfide) groups is 1. The van der Waals surface area contributed by atoms with Gasteiger partial charge in [-0.1, -0.05) is 31.0 Å². The predicted octanol–water partition coefficient (Wildman–Crippen LogP) is 4.11. The number of benzene rings is 1. The van der Waals surface area contributed by atoms with Gasteiger partial charge in [0.2, 0.25) is 5.16 Å². The van der Waals surface area contributed by atoms with E-state index in [2.05, 4.69) is 15.2 Å². The van der Waals surface area contributed by atoms with E-state index in [9.17, 15) is 4.79 Å². The Balaban J connectivity index is 1.35. The van der Waals surface area contributed by atoms with Gasteiger partial charge in [0.05, 0.1) is 12.2 Å². The number of aromatic nitrogens is 3. The number of H-pyrrole nitrogens is 1. The fourth-order valence-electron chi connectivity index (χ4n) is 2.99. The minimum Gasteiger partial charge on any atom is -0.494 e. The Labute approximate surface area is 151 Å². The lowest BCUT2D eigenvalue weighted by molar-refractivity contribution is 0.0697. The third kappa shape index (κ3) is 5.22. The molecule has 2 N–H and O–H groups in total. The number of carboxylic acid groups (broad SMARTS) is 1. The van der Waals surface area contributed by atoms with Crippen molar-refractivity contribution < 1.29 is 14.6 Å². The summed E-state index contributed by atoms with van der Waals surface area (Å²) in [6, 6.07) is 6.46. The Kier molecular flexibility index (Phi) is 6.33. The maximum absolute atomic E-state index is 10.8. The van der Waals surface area contributed by atoms with E-state index < -0.39 is 5.97 Å². The topological polar surface area (TPSA) is 88.1 Å². The molecule has 3 rings (SSSR count). The molecule has 134 valence electrons. The largest absolute Gasteiger partial charge is 0.494 e. The zero-order chi connectivity index (χ0) is 17.5. The Morgan fingerprint density at radius 2 is 2.00 bits per heavy atom. The molecule has 0 bridgehead atoms. The van der Waals surface area contributed by atoms with Crippen LogP contribution in [0.5, 0.6) is 5.75 Å². The average Bonchev–Trinajstić information content (AvgIpc) is 3.11. The van der Waals surface area contributed by atoms with Crippen LogP contribution < -0.4 is 4.74 Å². The molecule has 0 amide bonds. The van der Waals surface area contributed by atoms with E-state index >= 15 is 0 Å². The number of carboxylic acids is 1. The number of carbonyl (C=O) groups is 1. The van der Waals surface area contributed by atoms with Crippen molar-refractivity contribution >= 4 is 17.7 Å². The molecule has 1 aromatic carbocycles. The Morgan fingerprint density at radius 3 is 2.72 bits per heavy atom. The third-order valence-electron chi connectivity index (χ3n) is 4.36. The standard InChI is InChI=1S/C18H23N3O3S/c22-17(23)14-7-9-15(10-8-14)24-11-4-12-25-18-19-16(20-21-18)13-5-2-1-3-6-13/h7-10,13H,1-6,11-12H2,(H,22,23)(H,19,20,21). The molecule has 1 heterocycles. The summed E-state index contributed by atoms with van der Waals surface area (Å²) in [7, 11) is 0. The number of hydrogen-bond donors (Lipinski definition) is 2. The summed E-state index contributed by atoms with van der Waals surface area (Å²) in [5, 5.41) is 17.1. The molecule has 1 saturated carbocycles. The lowest BCUT2D eigenvalue weighted by atomic mass is 9.89. The van der Waals surface area contributed by atoms with Crippen molar-refractivity contribution in [3.63, 3.8) is 0 Å². The van der Waals surface area contributed by atoms with Crippen molar-refractivity contribution in [1.29, 1.82) is 0 Å². The van der Waals surface area contributed by atoms with E-state index in [4.69, 9.17) is 9.84 Å². The molecule has 0 aliphatic heterocycles. The molecule has 1 aliphatic rings. The number of nitrogens with one attached hydrogen (secondary N) is 1. The van der Waals surface area contributed by atoms with Gasteiger partial charge >= 0.3 is 5.97 Å². The van der Waals surface area contributed by atoms with Gasteiger partial charge in [0.1, 0.15) is 11.6 Å². The van der Waals surface area contributed by atoms with Crippen LogP contribution in [-0.2, 0) is 0 Å². The van der Waals surface area contributed by atoms with Gasteiger partial charge in [-0.15, -0.1) is 5.10 Å². The van der Waals surface area contributed by atoms with Crippen molar-refractivity contribution in [2.24, 2.45) is 0 Å². The first kappa shape index (κ1) is 17.8. The monoisotopic (exact) mass is 361 g/mol. The van der Waals surface area contributed by atoms with Gasteiger partial charge in [-0.3, -0.25) is 5.10 Å². The fraction of sp³-hybridized carbons (Fsp3) is 0.500. The number of hydrogen-bond acceptors (Lipinski definition) is 5. The summed E-state index contributed by atoms with van der Waals surface area (Å²) in [5.41, 5.74) is 0.265. The number of aromatic carboxylic acids is 1. The van der Waals surface area contributed by atoms with Crippen LogP contribution in [0.4, 0.5) is 0 Å². The molecule has 7 heteroatoms. The summed E-state index contributed by atoms with van der Waals surface area (Å²) < 4.78 is 5.62. The van der Waals surface area contributed by atoms with E-state index in [-0.39, 0.29) is 5.56 Å². The molecular formula is C18H23N3O3S. The Bertz CT molecular complexity index is 681. The molecule has 0 radical (unpaired) electrons. The molecule has 2 aromatic rings. The number of rotatable bonds is 8. The fourth-order valence-corrected chi connectivity index (χ4v) is 3.71. The zero-order valence-electron chi connectivity index (χ0n) is 14.1. The molecule has 1 aromatic heterocycles. The summed E-state index contributed by atoms with van der Waals surface area (Å²) in [6.45, 7) is 0.583. The van der Waals surface area contributed by atoms with Crippen molar-refractivity contribution in [1.82, 2.24) is 15.2 Å². The molecule has 0 spiro atoms. The first-order chi connectivity index (χ1) is 12.2. The lowest BCUT2D eigenvalue weighted by Crippen LogP contribution is -2.06. The summed E-state index contributed by atoms with van der Waals surface area (Å²) in [4.78, 5) is 15.4. The molecule has 0 saturated heterocycles. The normalized spacial score (nSPS) is 15.2. The molecule has 6 nitrogen and oxygen atoms in total. The lowest BCUT2D eigenvalue weighted by Gasteiger charge is -2.18. The van der Waals surface area contributed by atoms with Gasteiger partial charge < -0.3 is 9.84 Å². The quantitative estimate of drug-likeness (QED) is 0.543. The highest BCUT2D eigenvalue weighted by Crippen LogP contribution is 2.31. The molecule has 0 atom stereocenters. The number of ether oxygens (including phenoxy) is 1. The minimum absolute atomic E-state index is 0.265. The first-order valence-corrected chi connectivity index (χ1v) is 9.72. The summed E-state index contributed by atoms with van der Waals surface area (Å²) in [5.74, 6) is 2.23. The smallest absolute Gasteiger partial charge is 0.335 e. The van der Waals surface area contributed by atoms with E-state index in [0.29, 0.717) is 18.3 Å². The number of nitrogens with zero attached hydrogens (tertiary/aromatic N) is 2. The van der Waals surface area contributed by atoms with E-state index in [1.165, 1.54) is 32.1 Å². The Morgan fingerprint density at radius 1 is 1.24 bits per heavy atom. The second-order valence-electron chi connectivity index (χ2n) is 6.22. The van der Waals surface area contributed by atoms with Gasteiger partial charge in [-0.2, -0.15) is 0 Å². The highest BCUT2D eigenvalue weighted by atomic mass is 32.2. The van der Waals surface area contributed by atoms with E-state index in [1.807, 2.05) is 0 Å². The summed E-state index contributed by atoms with van der Waals surface area (Å²) >= 11 is 1.64. The SMILES string of the molecule is O=C(O)c1ccc(OCCCSc2n[nH]c(C3CCCCC3)n2)cc1. The Hall–Kier alpha value is -2.02. The minimum atomic E-state index is -0.929. The average molecular weight is 361 g/mol. The van der Waals surface area contributed by atoms with Crippen LogP contribution in [-0.4, -0.2) is 38.6 Å². The predicted molar refractivity (Wildman–Crippen MR) is 96.4 cm³/mol. The second kappa shape index (κ2) is 8.89. The van der Waals surface area contributed by atoms with E-state index in [0.717, 1.165) is 23.2 Å². The first-order valence-electron chi connectivity index (χ1n) is 8.73. The van der Waals surface area contributed by atoms with Crippen LogP contribution in [0.15, 0.2) is 29.4 Å². The zero-order valence-corrected chi connectivity index (χ0v) is 14.9. The van der Waals surface area contributed by atoms with Crippen LogP contribution in [0.1, 0.15) is 60.6 Å². The maximum atomic E-state index is 10.8.